The molecule has 0 nitrogen and oxygen atoms in total. The zero-order valence-corrected chi connectivity index (χ0v) is 10.3. The fourth-order valence-corrected chi connectivity index (χ4v) is 2.40. The van der Waals surface area contributed by atoms with Gasteiger partial charge in [-0.3, -0.25) is 0 Å². The van der Waals surface area contributed by atoms with Crippen molar-refractivity contribution >= 4 is 21.5 Å². The van der Waals surface area contributed by atoms with E-state index in [0.29, 0.717) is 0 Å². The summed E-state index contributed by atoms with van der Waals surface area (Å²) in [7, 11) is 0. The van der Waals surface area contributed by atoms with Crippen molar-refractivity contribution in [3.63, 3.8) is 0 Å². The van der Waals surface area contributed by atoms with Crippen LogP contribution < -0.4 is 0 Å². The van der Waals surface area contributed by atoms with Crippen molar-refractivity contribution in [1.29, 1.82) is 0 Å². The van der Waals surface area contributed by atoms with E-state index in [1.54, 1.807) is 6.08 Å². The lowest BCUT2D eigenvalue weighted by Crippen LogP contribution is -1.84. The number of hydrogen-bond donors (Lipinski definition) is 0. The molecule has 1 radical (unpaired) electrons. The van der Waals surface area contributed by atoms with Crippen molar-refractivity contribution in [2.75, 3.05) is 0 Å². The molecule has 0 atom stereocenters. The lowest BCUT2D eigenvalue weighted by molar-refractivity contribution is 1.01. The van der Waals surface area contributed by atoms with Gasteiger partial charge in [0.05, 0.1) is 0 Å². The third-order valence-corrected chi connectivity index (χ3v) is 3.37. The second-order valence-corrected chi connectivity index (χ2v) is 4.66. The van der Waals surface area contributed by atoms with Gasteiger partial charge in [0.15, 0.2) is 0 Å². The van der Waals surface area contributed by atoms with E-state index in [4.69, 9.17) is 6.58 Å². The average Bonchev–Trinajstić information content (AvgIpc) is 2.42. The molecule has 0 amide bonds. The second kappa shape index (κ2) is 4.66. The Kier molecular flexibility index (Phi) is 2.85. The summed E-state index contributed by atoms with van der Waals surface area (Å²) >= 11 is 0. The maximum absolute atomic E-state index is 5.44. The molecule has 0 heteroatoms. The van der Waals surface area contributed by atoms with Crippen LogP contribution in [0.25, 0.3) is 21.5 Å². The van der Waals surface area contributed by atoms with Gasteiger partial charge in [-0.1, -0.05) is 55.1 Å². The first-order valence-electron chi connectivity index (χ1n) is 6.32. The van der Waals surface area contributed by atoms with Gasteiger partial charge < -0.3 is 0 Å². The highest BCUT2D eigenvalue weighted by Crippen LogP contribution is 2.24. The van der Waals surface area contributed by atoms with Gasteiger partial charge >= 0.3 is 0 Å². The van der Waals surface area contributed by atoms with E-state index < -0.39 is 0 Å². The first-order valence-corrected chi connectivity index (χ1v) is 6.32. The normalized spacial score (nSPS) is 10.9. The molecule has 0 saturated carbocycles. The van der Waals surface area contributed by atoms with Gasteiger partial charge in [-0.25, -0.2) is 0 Å². The summed E-state index contributed by atoms with van der Waals surface area (Å²) in [6, 6.07) is 19.7. The minimum Gasteiger partial charge on any atom is -0.0842 e. The Hall–Kier alpha value is -2.08. The zero-order chi connectivity index (χ0) is 12.4. The molecule has 0 aliphatic heterocycles. The molecular formula is C18H15. The Morgan fingerprint density at radius 3 is 2.17 bits per heavy atom. The van der Waals surface area contributed by atoms with Crippen LogP contribution in [-0.2, 0) is 6.42 Å². The molecule has 3 aromatic carbocycles. The van der Waals surface area contributed by atoms with Crippen LogP contribution in [-0.4, -0.2) is 0 Å². The van der Waals surface area contributed by atoms with Gasteiger partial charge in [-0.15, -0.1) is 0 Å². The average molecular weight is 231 g/mol. The third-order valence-electron chi connectivity index (χ3n) is 3.37. The Bertz CT molecular complexity index is 707. The summed E-state index contributed by atoms with van der Waals surface area (Å²) in [5, 5.41) is 5.21. The Morgan fingerprint density at radius 1 is 0.778 bits per heavy atom. The highest BCUT2D eigenvalue weighted by Gasteiger charge is 1.99. The number of benzene rings is 3. The van der Waals surface area contributed by atoms with E-state index in [0.717, 1.165) is 12.8 Å². The first kappa shape index (κ1) is 11.0. The minimum absolute atomic E-state index is 0.930. The lowest BCUT2D eigenvalue weighted by Gasteiger charge is -2.05. The van der Waals surface area contributed by atoms with E-state index in [-0.39, 0.29) is 0 Å². The standard InChI is InChI=1S/C18H15/c1-2-3-6-14-9-10-17-12-15-7-4-5-8-16(15)13-18(17)11-14/h1-2,4-5,7-13H,3,6H2. The molecular weight excluding hydrogens is 216 g/mol. The van der Waals surface area contributed by atoms with E-state index in [1.807, 2.05) is 0 Å². The number of aryl methyl sites for hydroxylation is 1. The van der Waals surface area contributed by atoms with Crippen molar-refractivity contribution in [3.8, 4) is 0 Å². The molecule has 0 spiro atoms. The van der Waals surface area contributed by atoms with E-state index in [2.05, 4.69) is 54.6 Å². The fraction of sp³-hybridized carbons (Fsp3) is 0.111. The monoisotopic (exact) mass is 231 g/mol. The molecule has 0 aliphatic carbocycles. The molecule has 0 heterocycles. The van der Waals surface area contributed by atoms with Crippen molar-refractivity contribution < 1.29 is 0 Å². The Balaban J connectivity index is 2.14. The first-order chi connectivity index (χ1) is 8.86. The van der Waals surface area contributed by atoms with Crippen molar-refractivity contribution in [1.82, 2.24) is 0 Å². The zero-order valence-electron chi connectivity index (χ0n) is 10.3. The van der Waals surface area contributed by atoms with Crippen LogP contribution in [0, 0.1) is 6.58 Å². The number of allylic oxidation sites excluding steroid dienone is 1. The maximum Gasteiger partial charge on any atom is -0.0175 e. The summed E-state index contributed by atoms with van der Waals surface area (Å²) < 4.78 is 0. The predicted octanol–water partition coefficient (Wildman–Crippen LogP) is 4.91. The van der Waals surface area contributed by atoms with Crippen LogP contribution in [0.1, 0.15) is 12.0 Å². The highest BCUT2D eigenvalue weighted by molar-refractivity contribution is 5.98. The highest BCUT2D eigenvalue weighted by atomic mass is 14.0. The topological polar surface area (TPSA) is 0 Å². The molecule has 0 unspecified atom stereocenters. The van der Waals surface area contributed by atoms with Gasteiger partial charge in [0.25, 0.3) is 0 Å². The van der Waals surface area contributed by atoms with E-state index >= 15 is 0 Å². The van der Waals surface area contributed by atoms with Gasteiger partial charge in [0.1, 0.15) is 0 Å². The van der Waals surface area contributed by atoms with E-state index in [9.17, 15) is 0 Å². The van der Waals surface area contributed by atoms with Crippen LogP contribution in [0.3, 0.4) is 0 Å². The van der Waals surface area contributed by atoms with Crippen molar-refractivity contribution in [3.05, 3.63) is 72.8 Å². The molecule has 0 aliphatic rings. The summed E-state index contributed by atoms with van der Waals surface area (Å²) in [6.45, 7) is 5.44. The number of rotatable bonds is 3. The molecule has 18 heavy (non-hydrogen) atoms. The summed E-state index contributed by atoms with van der Waals surface area (Å²) in [5.74, 6) is 0. The largest absolute Gasteiger partial charge is 0.0842 e. The second-order valence-electron chi connectivity index (χ2n) is 4.66. The minimum atomic E-state index is 0.930. The molecule has 3 aromatic rings. The van der Waals surface area contributed by atoms with Crippen LogP contribution in [0.2, 0.25) is 0 Å². The fourth-order valence-electron chi connectivity index (χ4n) is 2.40. The molecule has 0 saturated heterocycles. The Morgan fingerprint density at radius 2 is 1.44 bits per heavy atom. The van der Waals surface area contributed by atoms with Gasteiger partial charge in [0, 0.05) is 0 Å². The maximum atomic E-state index is 5.44. The number of hydrogen-bond acceptors (Lipinski definition) is 0. The smallest absolute Gasteiger partial charge is 0.0175 e. The van der Waals surface area contributed by atoms with Gasteiger partial charge in [0.2, 0.25) is 0 Å². The molecule has 0 aromatic heterocycles. The van der Waals surface area contributed by atoms with Gasteiger partial charge in [-0.2, -0.15) is 0 Å². The molecule has 87 valence electrons. The predicted molar refractivity (Wildman–Crippen MR) is 78.6 cm³/mol. The summed E-state index contributed by atoms with van der Waals surface area (Å²) in [6.07, 6.45) is 3.67. The quantitative estimate of drug-likeness (QED) is 0.561. The van der Waals surface area contributed by atoms with Gasteiger partial charge in [-0.05, 0) is 52.1 Å². The van der Waals surface area contributed by atoms with Crippen LogP contribution in [0.5, 0.6) is 0 Å². The number of fused-ring (bicyclic) bond motifs is 2. The SMILES string of the molecule is [CH]=CCCc1ccc2cc3ccccc3cc2c1. The van der Waals surface area contributed by atoms with Crippen LogP contribution >= 0.6 is 0 Å². The molecule has 0 N–H and O–H groups in total. The van der Waals surface area contributed by atoms with Crippen molar-refractivity contribution in [2.45, 2.75) is 12.8 Å². The molecule has 0 fully saturated rings. The third kappa shape index (κ3) is 2.02. The van der Waals surface area contributed by atoms with Crippen LogP contribution in [0.15, 0.2) is 60.7 Å². The summed E-state index contributed by atoms with van der Waals surface area (Å²) in [4.78, 5) is 0. The Labute approximate surface area is 108 Å². The van der Waals surface area contributed by atoms with Crippen molar-refractivity contribution in [2.24, 2.45) is 0 Å². The van der Waals surface area contributed by atoms with Crippen LogP contribution in [0.4, 0.5) is 0 Å². The van der Waals surface area contributed by atoms with E-state index in [1.165, 1.54) is 27.1 Å². The molecule has 0 bridgehead atoms. The molecule has 3 rings (SSSR count). The summed E-state index contributed by atoms with van der Waals surface area (Å²) in [5.41, 5.74) is 1.35. The lowest BCUT2D eigenvalue weighted by atomic mass is 10.00.